The van der Waals surface area contributed by atoms with Crippen molar-refractivity contribution in [1.82, 2.24) is 4.98 Å². The van der Waals surface area contributed by atoms with Crippen molar-refractivity contribution in [3.8, 4) is 0 Å². The van der Waals surface area contributed by atoms with Crippen molar-refractivity contribution in [2.24, 2.45) is 0 Å². The number of hydrogen-bond acceptors (Lipinski definition) is 1. The summed E-state index contributed by atoms with van der Waals surface area (Å²) in [6, 6.07) is 10.3. The summed E-state index contributed by atoms with van der Waals surface area (Å²) in [7, 11) is 0. The molecule has 2 heteroatoms. The standard InChI is InChI=1S/C9H6N.Sc/c1-2-6-9-8(4-1)5-3-7-10-9;/h1-5,7H;. The van der Waals surface area contributed by atoms with Gasteiger partial charge in [-0.1, -0.05) is 0 Å². The van der Waals surface area contributed by atoms with Crippen molar-refractivity contribution in [3.05, 3.63) is 36.5 Å². The van der Waals surface area contributed by atoms with Gasteiger partial charge in [0, 0.05) is 0 Å². The van der Waals surface area contributed by atoms with Gasteiger partial charge in [-0.3, -0.25) is 0 Å². The van der Waals surface area contributed by atoms with E-state index in [4.69, 9.17) is 0 Å². The topological polar surface area (TPSA) is 12.9 Å². The van der Waals surface area contributed by atoms with Crippen LogP contribution in [-0.2, 0) is 24.4 Å². The number of para-hydroxylation sites is 1. The van der Waals surface area contributed by atoms with E-state index in [1.807, 2.05) is 12.3 Å². The molecule has 0 saturated heterocycles. The number of benzene rings is 1. The summed E-state index contributed by atoms with van der Waals surface area (Å²) >= 11 is 1.63. The molecule has 0 aliphatic rings. The van der Waals surface area contributed by atoms with Crippen LogP contribution in [0.1, 0.15) is 0 Å². The van der Waals surface area contributed by atoms with E-state index in [2.05, 4.69) is 29.2 Å². The van der Waals surface area contributed by atoms with Crippen molar-refractivity contribution in [2.45, 2.75) is 0 Å². The molecule has 1 aromatic heterocycles. The molecule has 0 bridgehead atoms. The van der Waals surface area contributed by atoms with Gasteiger partial charge in [-0.15, -0.1) is 0 Å². The first-order valence-corrected chi connectivity index (χ1v) is 4.37. The second kappa shape index (κ2) is 2.86. The minimum absolute atomic E-state index is 1.13. The van der Waals surface area contributed by atoms with E-state index in [9.17, 15) is 0 Å². The number of nitrogens with zero attached hydrogens (tertiary/aromatic N) is 1. The minimum atomic E-state index is 1.13. The second-order valence-electron chi connectivity index (χ2n) is 2.42. The molecule has 50 valence electrons. The first kappa shape index (κ1) is 7.17. The van der Waals surface area contributed by atoms with E-state index < -0.39 is 0 Å². The summed E-state index contributed by atoms with van der Waals surface area (Å²) in [5, 5.41) is 1.23. The summed E-state index contributed by atoms with van der Waals surface area (Å²) < 4.78 is 1.30. The van der Waals surface area contributed by atoms with Gasteiger partial charge in [-0.2, -0.15) is 0 Å². The van der Waals surface area contributed by atoms with Crippen molar-refractivity contribution in [3.63, 3.8) is 0 Å². The fourth-order valence-electron chi connectivity index (χ4n) is 1.13. The Hall–Kier alpha value is -0.500. The maximum atomic E-state index is 4.30. The van der Waals surface area contributed by atoms with Crippen molar-refractivity contribution >= 4 is 14.2 Å². The molecule has 0 aliphatic carbocycles. The Bertz CT molecular complexity index is 379. The molecular weight excluding hydrogens is 167 g/mol. The molecule has 0 radical (unpaired) electrons. The van der Waals surface area contributed by atoms with Crippen LogP contribution in [0.3, 0.4) is 0 Å². The Morgan fingerprint density at radius 3 is 2.73 bits per heavy atom. The maximum absolute atomic E-state index is 4.30. The number of fused-ring (bicyclic) bond motifs is 1. The molecule has 0 aliphatic heterocycles. The number of hydrogen-bond donors (Lipinski definition) is 0. The molecule has 1 nitrogen and oxygen atoms in total. The third-order valence-electron chi connectivity index (χ3n) is 1.66. The normalized spacial score (nSPS) is 10.1. The van der Waals surface area contributed by atoms with E-state index in [0.717, 1.165) is 5.52 Å². The molecule has 1 heterocycles. The van der Waals surface area contributed by atoms with Crippen LogP contribution in [0.4, 0.5) is 0 Å². The van der Waals surface area contributed by atoms with Gasteiger partial charge in [0.2, 0.25) is 0 Å². The molecule has 0 amide bonds. The summed E-state index contributed by atoms with van der Waals surface area (Å²) in [6.07, 6.45) is 1.84. The van der Waals surface area contributed by atoms with Crippen molar-refractivity contribution in [1.29, 1.82) is 0 Å². The summed E-state index contributed by atoms with van der Waals surface area (Å²) in [6.45, 7) is 0. The molecule has 1 aromatic carbocycles. The Morgan fingerprint density at radius 2 is 1.91 bits per heavy atom. The summed E-state index contributed by atoms with van der Waals surface area (Å²) in [4.78, 5) is 4.30. The summed E-state index contributed by atoms with van der Waals surface area (Å²) in [5.74, 6) is 0. The Morgan fingerprint density at radius 1 is 1.09 bits per heavy atom. The van der Waals surface area contributed by atoms with Crippen LogP contribution >= 0.6 is 0 Å². The monoisotopic (exact) mass is 173 g/mol. The molecule has 2 aromatic rings. The fraction of sp³-hybridized carbons (Fsp3) is 0. The van der Waals surface area contributed by atoms with Crippen LogP contribution < -0.4 is 3.32 Å². The summed E-state index contributed by atoms with van der Waals surface area (Å²) in [5.41, 5.74) is 1.13. The van der Waals surface area contributed by atoms with Gasteiger partial charge < -0.3 is 0 Å². The number of rotatable bonds is 0. The van der Waals surface area contributed by atoms with Crippen LogP contribution in [0.15, 0.2) is 36.5 Å². The molecule has 0 unspecified atom stereocenters. The molecule has 2 rings (SSSR count). The molecule has 0 spiro atoms. The molecule has 0 atom stereocenters. The Balaban J connectivity index is 2.91. The first-order valence-electron chi connectivity index (χ1n) is 3.47. The molecule has 11 heavy (non-hydrogen) atoms. The van der Waals surface area contributed by atoms with Gasteiger partial charge in [0.1, 0.15) is 0 Å². The number of aromatic nitrogens is 1. The van der Waals surface area contributed by atoms with Gasteiger partial charge >= 0.3 is 80.1 Å². The zero-order valence-corrected chi connectivity index (χ0v) is 7.79. The van der Waals surface area contributed by atoms with E-state index in [1.165, 1.54) is 8.71 Å². The van der Waals surface area contributed by atoms with Gasteiger partial charge in [-0.05, 0) is 0 Å². The number of pyridine rings is 1. The Kier molecular flexibility index (Phi) is 1.86. The van der Waals surface area contributed by atoms with Crippen molar-refractivity contribution in [2.75, 3.05) is 0 Å². The predicted molar refractivity (Wildman–Crippen MR) is 41.4 cm³/mol. The van der Waals surface area contributed by atoms with Gasteiger partial charge in [0.05, 0.1) is 0 Å². The third kappa shape index (κ3) is 1.27. The van der Waals surface area contributed by atoms with E-state index >= 15 is 0 Å². The van der Waals surface area contributed by atoms with E-state index in [1.54, 1.807) is 24.4 Å². The van der Waals surface area contributed by atoms with Gasteiger partial charge in [0.25, 0.3) is 0 Å². The average molecular weight is 173 g/mol. The molecular formula is C9H6NSc. The molecule has 0 saturated carbocycles. The second-order valence-corrected chi connectivity index (χ2v) is 3.39. The van der Waals surface area contributed by atoms with E-state index in [0.29, 0.717) is 0 Å². The van der Waals surface area contributed by atoms with Crippen LogP contribution in [-0.4, -0.2) is 4.98 Å². The Labute approximate surface area is 80.0 Å². The van der Waals surface area contributed by atoms with Gasteiger partial charge in [0.15, 0.2) is 0 Å². The van der Waals surface area contributed by atoms with E-state index in [-0.39, 0.29) is 0 Å². The van der Waals surface area contributed by atoms with Gasteiger partial charge in [-0.25, -0.2) is 0 Å². The fourth-order valence-corrected chi connectivity index (χ4v) is 1.68. The first-order chi connectivity index (χ1) is 5.38. The van der Waals surface area contributed by atoms with Crippen molar-refractivity contribution < 1.29 is 24.4 Å². The predicted octanol–water partition coefficient (Wildman–Crippen LogP) is 1.41. The quantitative estimate of drug-likeness (QED) is 0.586. The molecule has 0 fully saturated rings. The third-order valence-corrected chi connectivity index (χ3v) is 2.39. The van der Waals surface area contributed by atoms with Crippen LogP contribution in [0.5, 0.6) is 0 Å². The zero-order valence-electron chi connectivity index (χ0n) is 5.99. The average Bonchev–Trinajstić information content (AvgIpc) is 2.06. The molecule has 0 N–H and O–H groups in total. The van der Waals surface area contributed by atoms with Crippen LogP contribution in [0.25, 0.3) is 10.9 Å². The van der Waals surface area contributed by atoms with Crippen LogP contribution in [0.2, 0.25) is 0 Å². The van der Waals surface area contributed by atoms with Crippen LogP contribution in [0, 0.1) is 0 Å². The zero-order chi connectivity index (χ0) is 7.68. The SMILES string of the molecule is [Sc][c]1cccc2cccnc12.